The fourth-order valence-electron chi connectivity index (χ4n) is 2.88. The lowest BCUT2D eigenvalue weighted by molar-refractivity contribution is -0.150. The van der Waals surface area contributed by atoms with Crippen molar-refractivity contribution < 1.29 is 29.1 Å². The van der Waals surface area contributed by atoms with Gasteiger partial charge in [0.05, 0.1) is 18.0 Å². The number of Topliss-reactive ketones (excluding diaryl/α,β-unsaturated/α-hetero) is 1. The molecule has 12 nitrogen and oxygen atoms in total. The molecule has 32 heavy (non-hydrogen) atoms. The van der Waals surface area contributed by atoms with Crippen molar-refractivity contribution in [1.29, 1.82) is 0 Å². The number of hydrogen-bond donors (Lipinski definition) is 6. The number of carbonyl (C=O) groups excluding carboxylic acids is 2. The summed E-state index contributed by atoms with van der Waals surface area (Å²) in [6, 6.07) is 6.86. The van der Waals surface area contributed by atoms with Crippen LogP contribution in [0.1, 0.15) is 31.7 Å². The number of aliphatic imine (C=N–C) groups is 1. The molecule has 9 N–H and O–H groups in total. The highest BCUT2D eigenvalue weighted by Gasteiger charge is 2.47. The maximum absolute atomic E-state index is 12.8. The maximum atomic E-state index is 12.8. The molecular weight excluding hydrogens is 420 g/mol. The lowest BCUT2D eigenvalue weighted by Gasteiger charge is -2.27. The number of nitrogens with two attached hydrogens (primary N) is 3. The summed E-state index contributed by atoms with van der Waals surface area (Å²) < 4.78 is 4.92. The lowest BCUT2D eigenvalue weighted by atomic mass is 9.90. The summed E-state index contributed by atoms with van der Waals surface area (Å²) in [7, 11) is 0. The van der Waals surface area contributed by atoms with Gasteiger partial charge in [0.1, 0.15) is 6.10 Å². The molecule has 0 saturated carbocycles. The van der Waals surface area contributed by atoms with E-state index in [2.05, 4.69) is 15.8 Å². The number of unbranched alkanes of at least 4 members (excludes halogenated alkanes) is 1. The molecule has 1 heterocycles. The van der Waals surface area contributed by atoms with Gasteiger partial charge in [0.2, 0.25) is 5.54 Å². The fraction of sp³-hybridized carbons (Fsp3) is 0.400. The minimum absolute atomic E-state index is 0.0671. The third-order valence-electron chi connectivity index (χ3n) is 4.69. The van der Waals surface area contributed by atoms with Gasteiger partial charge < -0.3 is 27.0 Å². The zero-order valence-corrected chi connectivity index (χ0v) is 17.7. The van der Waals surface area contributed by atoms with Crippen LogP contribution in [-0.4, -0.2) is 53.7 Å². The second kappa shape index (κ2) is 11.1. The van der Waals surface area contributed by atoms with E-state index in [1.165, 1.54) is 0 Å². The number of benzene rings is 1. The molecule has 1 aliphatic rings. The summed E-state index contributed by atoms with van der Waals surface area (Å²) in [5.74, 6) is -2.47. The van der Waals surface area contributed by atoms with E-state index >= 15 is 0 Å². The summed E-state index contributed by atoms with van der Waals surface area (Å²) in [4.78, 5) is 46.0. The molecule has 174 valence electrons. The zero-order valence-electron chi connectivity index (χ0n) is 17.7. The number of ketones is 1. The molecule has 1 amide bonds. The van der Waals surface area contributed by atoms with Gasteiger partial charge in [-0.25, -0.2) is 14.6 Å². The normalized spacial score (nSPS) is 16.8. The average Bonchev–Trinajstić information content (AvgIpc) is 3.20. The molecule has 0 bridgehead atoms. The summed E-state index contributed by atoms with van der Waals surface area (Å²) in [6.07, 6.45) is 0.856. The number of alkyl carbamates (subject to hydrolysis) is 1. The molecule has 0 aliphatic carbocycles. The largest absolute Gasteiger partial charge is 0.479 e. The number of aliphatic carboxylic acids is 1. The number of guanidine groups is 1. The van der Waals surface area contributed by atoms with Gasteiger partial charge in [0.15, 0.2) is 11.7 Å². The van der Waals surface area contributed by atoms with Gasteiger partial charge in [-0.1, -0.05) is 25.5 Å². The molecule has 2 unspecified atom stereocenters. The first-order valence-electron chi connectivity index (χ1n) is 9.97. The van der Waals surface area contributed by atoms with Crippen LogP contribution in [0.3, 0.4) is 0 Å². The molecule has 2 atom stereocenters. The highest BCUT2D eigenvalue weighted by molar-refractivity contribution is 6.10. The van der Waals surface area contributed by atoms with Crippen molar-refractivity contribution in [2.45, 2.75) is 37.8 Å². The molecule has 1 aromatic carbocycles. The highest BCUT2D eigenvalue weighted by Crippen LogP contribution is 2.24. The Hall–Kier alpha value is -3.64. The fourth-order valence-corrected chi connectivity index (χ4v) is 2.88. The third kappa shape index (κ3) is 6.18. The molecule has 12 heteroatoms. The number of rotatable bonds is 11. The Morgan fingerprint density at radius 2 is 1.97 bits per heavy atom. The molecular formula is C20H28N6O6. The number of amides is 1. The molecule has 0 saturated heterocycles. The Bertz CT molecular complexity index is 896. The number of nitrogens with one attached hydrogen (secondary N) is 2. The van der Waals surface area contributed by atoms with Crippen LogP contribution in [-0.2, 0) is 19.2 Å². The summed E-state index contributed by atoms with van der Waals surface area (Å²) >= 11 is 0. The van der Waals surface area contributed by atoms with Crippen LogP contribution in [0.4, 0.5) is 10.5 Å². The predicted molar refractivity (Wildman–Crippen MR) is 116 cm³/mol. The number of hydroxylamine groups is 1. The summed E-state index contributed by atoms with van der Waals surface area (Å²) in [5, 5.41) is 11.7. The van der Waals surface area contributed by atoms with Crippen molar-refractivity contribution in [3.63, 3.8) is 0 Å². The Labute approximate surface area is 184 Å². The monoisotopic (exact) mass is 448 g/mol. The third-order valence-corrected chi connectivity index (χ3v) is 4.69. The van der Waals surface area contributed by atoms with E-state index in [-0.39, 0.29) is 19.0 Å². The van der Waals surface area contributed by atoms with Gasteiger partial charge in [0.25, 0.3) is 0 Å². The number of nitrogens with zero attached hydrogens (tertiary/aromatic N) is 1. The molecule has 1 aromatic rings. The van der Waals surface area contributed by atoms with E-state index in [0.717, 1.165) is 12.0 Å². The molecule has 0 radical (unpaired) electrons. The minimum Gasteiger partial charge on any atom is -0.479 e. The van der Waals surface area contributed by atoms with Crippen molar-refractivity contribution >= 4 is 35.2 Å². The van der Waals surface area contributed by atoms with Crippen LogP contribution in [0.2, 0.25) is 0 Å². The van der Waals surface area contributed by atoms with Gasteiger partial charge in [0, 0.05) is 13.0 Å². The summed E-state index contributed by atoms with van der Waals surface area (Å²) in [5.41, 5.74) is 18.5. The number of carbonyl (C=O) groups is 3. The Balaban J connectivity index is 2.09. The van der Waals surface area contributed by atoms with E-state index in [1.807, 2.05) is 6.92 Å². The Morgan fingerprint density at radius 3 is 2.53 bits per heavy atom. The van der Waals surface area contributed by atoms with Gasteiger partial charge in [-0.05, 0) is 30.2 Å². The van der Waals surface area contributed by atoms with Crippen LogP contribution in [0.25, 0.3) is 5.70 Å². The van der Waals surface area contributed by atoms with Crippen molar-refractivity contribution in [3.05, 3.63) is 35.9 Å². The van der Waals surface area contributed by atoms with Crippen LogP contribution in [0, 0.1) is 0 Å². The Kier molecular flexibility index (Phi) is 8.55. The van der Waals surface area contributed by atoms with Gasteiger partial charge >= 0.3 is 12.1 Å². The lowest BCUT2D eigenvalue weighted by Crippen LogP contribution is -2.65. The molecule has 0 spiro atoms. The van der Waals surface area contributed by atoms with E-state index in [0.29, 0.717) is 17.8 Å². The van der Waals surface area contributed by atoms with E-state index in [4.69, 9.17) is 26.8 Å². The zero-order chi connectivity index (χ0) is 23.7. The van der Waals surface area contributed by atoms with Crippen molar-refractivity contribution in [2.24, 2.45) is 22.2 Å². The van der Waals surface area contributed by atoms with Crippen LogP contribution >= 0.6 is 0 Å². The van der Waals surface area contributed by atoms with Gasteiger partial charge in [-0.15, -0.1) is 0 Å². The topological polar surface area (TPSA) is 204 Å². The quantitative estimate of drug-likeness (QED) is 0.117. The maximum Gasteiger partial charge on any atom is 0.408 e. The van der Waals surface area contributed by atoms with Crippen LogP contribution < -0.4 is 28.0 Å². The second-order valence-electron chi connectivity index (χ2n) is 7.08. The van der Waals surface area contributed by atoms with Crippen molar-refractivity contribution in [1.82, 2.24) is 10.8 Å². The van der Waals surface area contributed by atoms with E-state index in [9.17, 15) is 19.5 Å². The first-order valence-corrected chi connectivity index (χ1v) is 9.97. The van der Waals surface area contributed by atoms with Crippen LogP contribution in [0.5, 0.6) is 0 Å². The van der Waals surface area contributed by atoms with Gasteiger partial charge in [-0.2, -0.15) is 0 Å². The highest BCUT2D eigenvalue weighted by atomic mass is 16.7. The first-order chi connectivity index (χ1) is 15.2. The molecule has 2 rings (SSSR count). The minimum atomic E-state index is -2.33. The predicted octanol–water partition coefficient (Wildman–Crippen LogP) is 0.103. The molecule has 0 fully saturated rings. The van der Waals surface area contributed by atoms with Crippen molar-refractivity contribution in [2.75, 3.05) is 13.2 Å². The van der Waals surface area contributed by atoms with E-state index in [1.54, 1.807) is 30.3 Å². The van der Waals surface area contributed by atoms with Crippen LogP contribution in [0.15, 0.2) is 35.3 Å². The summed E-state index contributed by atoms with van der Waals surface area (Å²) in [6.45, 7) is 1.36. The molecule has 0 aromatic heterocycles. The standard InChI is InChI=1S/C20H28N6O6/c1-2-3-8-31-19(30)25-20(11-21,17(28)29)16(27)10-14-9-15(26-32-14)12-4-6-13(7-5-12)24-18(22)23/h4-7,9,14,26H,2-3,8,10-11,21H2,1H3,(H,25,30)(H,28,29)(H4,22,23,24). The molecule has 1 aliphatic heterocycles. The average molecular weight is 448 g/mol. The van der Waals surface area contributed by atoms with Crippen molar-refractivity contribution in [3.8, 4) is 0 Å². The number of carboxylic acid groups (broad SMARTS) is 1. The smallest absolute Gasteiger partial charge is 0.408 e. The second-order valence-corrected chi connectivity index (χ2v) is 7.08. The SMILES string of the molecule is CCCCOC(=O)NC(CN)(C(=O)O)C(=O)CC1C=C(c2ccc(N=C(N)N)cc2)NO1. The number of ether oxygens (including phenoxy) is 1. The Morgan fingerprint density at radius 1 is 1.28 bits per heavy atom. The first kappa shape index (κ1) is 24.6. The number of carboxylic acids is 1. The van der Waals surface area contributed by atoms with E-state index < -0.39 is 36.0 Å². The number of hydrogen-bond acceptors (Lipinski definition) is 8. The van der Waals surface area contributed by atoms with Gasteiger partial charge in [-0.3, -0.25) is 20.4 Å².